The molecule has 0 spiro atoms. The highest BCUT2D eigenvalue weighted by atomic mass is 15.2. The van der Waals surface area contributed by atoms with Gasteiger partial charge in [0.2, 0.25) is 0 Å². The molecule has 2 aliphatic heterocycles. The molecule has 120 valence electrons. The van der Waals surface area contributed by atoms with Crippen LogP contribution in [0, 0.1) is 23.2 Å². The van der Waals surface area contributed by atoms with Crippen molar-refractivity contribution in [1.82, 2.24) is 9.80 Å². The molecule has 0 aromatic heterocycles. The van der Waals surface area contributed by atoms with Crippen LogP contribution in [0.15, 0.2) is 0 Å². The van der Waals surface area contributed by atoms with Crippen LogP contribution >= 0.6 is 0 Å². The van der Waals surface area contributed by atoms with E-state index in [2.05, 4.69) is 43.6 Å². The molecule has 0 radical (unpaired) electrons. The van der Waals surface area contributed by atoms with Crippen molar-refractivity contribution in [2.24, 2.45) is 11.8 Å². The molecule has 2 saturated heterocycles. The minimum Gasteiger partial charge on any atom is -0.301 e. The van der Waals surface area contributed by atoms with E-state index in [4.69, 9.17) is 0 Å². The summed E-state index contributed by atoms with van der Waals surface area (Å²) < 4.78 is 0. The normalized spacial score (nSPS) is 27.0. The van der Waals surface area contributed by atoms with E-state index in [1.165, 1.54) is 45.3 Å². The number of nitrogens with zero attached hydrogens (tertiary/aromatic N) is 3. The summed E-state index contributed by atoms with van der Waals surface area (Å²) in [5.41, 5.74) is 0.250. The van der Waals surface area contributed by atoms with Crippen molar-refractivity contribution in [3.63, 3.8) is 0 Å². The first-order valence-corrected chi connectivity index (χ1v) is 8.81. The molecule has 2 heterocycles. The van der Waals surface area contributed by atoms with E-state index in [0.717, 1.165) is 18.9 Å². The maximum Gasteiger partial charge on any atom is 0.0669 e. The quantitative estimate of drug-likeness (QED) is 0.794. The fourth-order valence-corrected chi connectivity index (χ4v) is 4.14. The molecule has 0 aromatic carbocycles. The second kappa shape index (κ2) is 7.11. The Balaban J connectivity index is 1.85. The van der Waals surface area contributed by atoms with Crippen molar-refractivity contribution in [2.75, 3.05) is 26.2 Å². The zero-order valence-electron chi connectivity index (χ0n) is 14.4. The van der Waals surface area contributed by atoms with E-state index in [0.29, 0.717) is 6.04 Å². The van der Waals surface area contributed by atoms with Crippen LogP contribution < -0.4 is 0 Å². The van der Waals surface area contributed by atoms with Crippen LogP contribution in [-0.2, 0) is 0 Å². The fraction of sp³-hybridized carbons (Fsp3) is 0.944. The number of rotatable bonds is 4. The number of nitriles is 1. The second-order valence-corrected chi connectivity index (χ2v) is 8.00. The highest BCUT2D eigenvalue weighted by molar-refractivity contribution is 4.94. The Hall–Kier alpha value is -0.590. The van der Waals surface area contributed by atoms with Gasteiger partial charge in [-0.2, -0.15) is 5.26 Å². The van der Waals surface area contributed by atoms with Crippen LogP contribution in [0.5, 0.6) is 0 Å². The first-order chi connectivity index (χ1) is 9.92. The van der Waals surface area contributed by atoms with Gasteiger partial charge in [-0.1, -0.05) is 0 Å². The Morgan fingerprint density at radius 1 is 1.14 bits per heavy atom. The minimum absolute atomic E-state index is 0.250. The summed E-state index contributed by atoms with van der Waals surface area (Å²) in [6.07, 6.45) is 6.26. The van der Waals surface area contributed by atoms with E-state index in [1.807, 2.05) is 0 Å². The van der Waals surface area contributed by atoms with Gasteiger partial charge in [0.25, 0.3) is 0 Å². The van der Waals surface area contributed by atoms with Gasteiger partial charge in [0, 0.05) is 18.1 Å². The Morgan fingerprint density at radius 2 is 1.81 bits per heavy atom. The molecular weight excluding hydrogens is 258 g/mol. The van der Waals surface area contributed by atoms with Crippen molar-refractivity contribution < 1.29 is 0 Å². The Morgan fingerprint density at radius 3 is 2.38 bits per heavy atom. The van der Waals surface area contributed by atoms with Gasteiger partial charge in [0.1, 0.15) is 0 Å². The van der Waals surface area contributed by atoms with E-state index in [-0.39, 0.29) is 11.5 Å². The van der Waals surface area contributed by atoms with E-state index in [9.17, 15) is 5.26 Å². The van der Waals surface area contributed by atoms with Crippen molar-refractivity contribution in [1.29, 1.82) is 5.26 Å². The first kappa shape index (κ1) is 16.8. The molecule has 1 atom stereocenters. The van der Waals surface area contributed by atoms with Gasteiger partial charge in [-0.25, -0.2) is 0 Å². The summed E-state index contributed by atoms with van der Waals surface area (Å²) in [5, 5.41) is 9.19. The van der Waals surface area contributed by atoms with E-state index in [1.54, 1.807) is 0 Å². The standard InChI is InChI=1S/C18H33N3/c1-15(2)20-10-7-16(8-11-20)12-18(3,4)21-9-5-6-17(13-19)14-21/h15-17H,5-12,14H2,1-4H3. The second-order valence-electron chi connectivity index (χ2n) is 8.00. The van der Waals surface area contributed by atoms with Crippen molar-refractivity contribution in [3.8, 4) is 6.07 Å². The van der Waals surface area contributed by atoms with Crippen LogP contribution in [0.25, 0.3) is 0 Å². The van der Waals surface area contributed by atoms with E-state index >= 15 is 0 Å². The van der Waals surface area contributed by atoms with E-state index < -0.39 is 0 Å². The summed E-state index contributed by atoms with van der Waals surface area (Å²) in [6, 6.07) is 3.17. The molecule has 2 fully saturated rings. The fourth-order valence-electron chi connectivity index (χ4n) is 4.14. The third-order valence-corrected chi connectivity index (χ3v) is 5.63. The largest absolute Gasteiger partial charge is 0.301 e. The average Bonchev–Trinajstić information content (AvgIpc) is 2.47. The van der Waals surface area contributed by atoms with Gasteiger partial charge in [-0.15, -0.1) is 0 Å². The van der Waals surface area contributed by atoms with Gasteiger partial charge < -0.3 is 4.90 Å². The number of piperidine rings is 2. The first-order valence-electron chi connectivity index (χ1n) is 8.81. The molecule has 21 heavy (non-hydrogen) atoms. The van der Waals surface area contributed by atoms with Crippen LogP contribution in [-0.4, -0.2) is 47.6 Å². The van der Waals surface area contributed by atoms with Crippen LogP contribution in [0.4, 0.5) is 0 Å². The van der Waals surface area contributed by atoms with Gasteiger partial charge in [0.15, 0.2) is 0 Å². The molecule has 0 bridgehead atoms. The van der Waals surface area contributed by atoms with Crippen molar-refractivity contribution in [3.05, 3.63) is 0 Å². The molecule has 2 aliphatic rings. The summed E-state index contributed by atoms with van der Waals surface area (Å²) in [7, 11) is 0. The smallest absolute Gasteiger partial charge is 0.0669 e. The molecule has 0 N–H and O–H groups in total. The molecule has 2 rings (SSSR count). The van der Waals surface area contributed by atoms with Gasteiger partial charge in [0.05, 0.1) is 12.0 Å². The molecule has 3 nitrogen and oxygen atoms in total. The predicted molar refractivity (Wildman–Crippen MR) is 88.0 cm³/mol. The van der Waals surface area contributed by atoms with Crippen molar-refractivity contribution >= 4 is 0 Å². The maximum absolute atomic E-state index is 9.19. The monoisotopic (exact) mass is 291 g/mol. The van der Waals surface area contributed by atoms with Crippen LogP contribution in [0.2, 0.25) is 0 Å². The Kier molecular flexibility index (Phi) is 5.68. The highest BCUT2D eigenvalue weighted by Crippen LogP contribution is 2.33. The number of hydrogen-bond donors (Lipinski definition) is 0. The molecule has 0 aliphatic carbocycles. The minimum atomic E-state index is 0.250. The lowest BCUT2D eigenvalue weighted by molar-refractivity contribution is 0.0443. The summed E-state index contributed by atoms with van der Waals surface area (Å²) in [6.45, 7) is 14.1. The summed E-state index contributed by atoms with van der Waals surface area (Å²) in [5.74, 6) is 1.11. The SMILES string of the molecule is CC(C)N1CCC(CC(C)(C)N2CCCC(C#N)C2)CC1. The lowest BCUT2D eigenvalue weighted by atomic mass is 9.82. The molecule has 1 unspecified atom stereocenters. The lowest BCUT2D eigenvalue weighted by Crippen LogP contribution is -2.50. The van der Waals surface area contributed by atoms with Gasteiger partial charge >= 0.3 is 0 Å². The van der Waals surface area contributed by atoms with Crippen LogP contribution in [0.1, 0.15) is 59.8 Å². The molecule has 0 aromatic rings. The summed E-state index contributed by atoms with van der Waals surface area (Å²) >= 11 is 0. The number of likely N-dealkylation sites (tertiary alicyclic amines) is 2. The average molecular weight is 291 g/mol. The Labute approximate surface area is 131 Å². The maximum atomic E-state index is 9.19. The summed E-state index contributed by atoms with van der Waals surface area (Å²) in [4.78, 5) is 5.19. The third-order valence-electron chi connectivity index (χ3n) is 5.63. The van der Waals surface area contributed by atoms with Gasteiger partial charge in [-0.3, -0.25) is 4.90 Å². The van der Waals surface area contributed by atoms with Gasteiger partial charge in [-0.05, 0) is 85.4 Å². The Bertz CT molecular complexity index is 361. The predicted octanol–water partition coefficient (Wildman–Crippen LogP) is 3.51. The molecular formula is C18H33N3. The van der Waals surface area contributed by atoms with Crippen LogP contribution in [0.3, 0.4) is 0 Å². The highest BCUT2D eigenvalue weighted by Gasteiger charge is 2.34. The molecule has 0 saturated carbocycles. The lowest BCUT2D eigenvalue weighted by Gasteiger charge is -2.45. The third kappa shape index (κ3) is 4.44. The zero-order chi connectivity index (χ0) is 15.5. The zero-order valence-corrected chi connectivity index (χ0v) is 14.4. The topological polar surface area (TPSA) is 30.3 Å². The molecule has 0 amide bonds. The number of hydrogen-bond acceptors (Lipinski definition) is 3. The molecule has 3 heteroatoms. The van der Waals surface area contributed by atoms with Crippen molar-refractivity contribution in [2.45, 2.75) is 71.4 Å².